The Morgan fingerprint density at radius 2 is 1.65 bits per heavy atom. The van der Waals surface area contributed by atoms with Crippen molar-refractivity contribution in [3.63, 3.8) is 0 Å². The lowest BCUT2D eigenvalue weighted by Gasteiger charge is -2.26. The number of nitrogens with zero attached hydrogens (tertiary/aromatic N) is 4. The van der Waals surface area contributed by atoms with Crippen molar-refractivity contribution in [1.82, 2.24) is 19.2 Å². The van der Waals surface area contributed by atoms with Crippen molar-refractivity contribution in [3.05, 3.63) is 84.6 Å². The van der Waals surface area contributed by atoms with E-state index in [-0.39, 0.29) is 0 Å². The highest BCUT2D eigenvalue weighted by Crippen LogP contribution is 2.32. The quantitative estimate of drug-likeness (QED) is 0.341. The molecule has 5 aromatic rings. The Morgan fingerprint density at radius 3 is 2.47 bits per heavy atom. The van der Waals surface area contributed by atoms with Gasteiger partial charge in [-0.25, -0.2) is 4.68 Å². The van der Waals surface area contributed by atoms with Gasteiger partial charge in [0.1, 0.15) is 0 Å². The number of aromatic nitrogens is 3. The van der Waals surface area contributed by atoms with Crippen molar-refractivity contribution in [3.8, 4) is 16.9 Å². The van der Waals surface area contributed by atoms with Gasteiger partial charge in [0.25, 0.3) is 0 Å². The van der Waals surface area contributed by atoms with E-state index >= 15 is 0 Å². The number of ether oxygens (including phenoxy) is 1. The van der Waals surface area contributed by atoms with Crippen LogP contribution in [-0.4, -0.2) is 52.1 Å². The van der Waals surface area contributed by atoms with Crippen LogP contribution in [0.15, 0.2) is 79.0 Å². The molecule has 1 fully saturated rings. The minimum Gasteiger partial charge on any atom is -0.379 e. The second-order valence-corrected chi connectivity index (χ2v) is 8.99. The van der Waals surface area contributed by atoms with E-state index in [2.05, 4.69) is 99.0 Å². The van der Waals surface area contributed by atoms with Gasteiger partial charge in [-0.1, -0.05) is 42.5 Å². The molecular formula is C29H30N4O. The first-order chi connectivity index (χ1) is 16.8. The van der Waals surface area contributed by atoms with E-state index in [9.17, 15) is 0 Å². The van der Waals surface area contributed by atoms with Gasteiger partial charge >= 0.3 is 0 Å². The van der Waals surface area contributed by atoms with E-state index in [1.165, 1.54) is 32.9 Å². The maximum atomic E-state index is 5.46. The van der Waals surface area contributed by atoms with Gasteiger partial charge in [0.2, 0.25) is 0 Å². The third-order valence-electron chi connectivity index (χ3n) is 7.03. The molecule has 172 valence electrons. The smallest absolute Gasteiger partial charge is 0.0740 e. The summed E-state index contributed by atoms with van der Waals surface area (Å²) in [4.78, 5) is 2.48. The largest absolute Gasteiger partial charge is 0.379 e. The predicted octanol–water partition coefficient (Wildman–Crippen LogP) is 5.54. The zero-order valence-corrected chi connectivity index (χ0v) is 19.7. The van der Waals surface area contributed by atoms with Crippen molar-refractivity contribution in [1.29, 1.82) is 0 Å². The number of rotatable bonds is 6. The van der Waals surface area contributed by atoms with Crippen molar-refractivity contribution in [2.75, 3.05) is 32.8 Å². The second-order valence-electron chi connectivity index (χ2n) is 8.99. The Hall–Kier alpha value is -3.41. The van der Waals surface area contributed by atoms with Crippen LogP contribution in [0.2, 0.25) is 0 Å². The lowest BCUT2D eigenvalue weighted by atomic mass is 10.1. The van der Waals surface area contributed by atoms with Crippen LogP contribution in [0.3, 0.4) is 0 Å². The summed E-state index contributed by atoms with van der Waals surface area (Å²) < 4.78 is 9.90. The molecule has 2 aromatic heterocycles. The Labute approximate surface area is 200 Å². The second kappa shape index (κ2) is 9.09. The number of hydrogen-bond donors (Lipinski definition) is 0. The number of aryl methyl sites for hydroxylation is 1. The van der Waals surface area contributed by atoms with Gasteiger partial charge in [-0.15, -0.1) is 0 Å². The van der Waals surface area contributed by atoms with Crippen LogP contribution in [0.5, 0.6) is 0 Å². The highest BCUT2D eigenvalue weighted by atomic mass is 16.5. The Morgan fingerprint density at radius 1 is 0.853 bits per heavy atom. The van der Waals surface area contributed by atoms with E-state index < -0.39 is 0 Å². The molecule has 0 amide bonds. The molecule has 0 saturated carbocycles. The van der Waals surface area contributed by atoms with E-state index in [0.717, 1.165) is 57.2 Å². The molecule has 5 heteroatoms. The normalized spacial score (nSPS) is 14.9. The van der Waals surface area contributed by atoms with Crippen LogP contribution in [0.1, 0.15) is 12.5 Å². The molecule has 1 aliphatic heterocycles. The van der Waals surface area contributed by atoms with Crippen LogP contribution >= 0.6 is 0 Å². The third kappa shape index (κ3) is 3.81. The van der Waals surface area contributed by atoms with Crippen molar-refractivity contribution < 1.29 is 4.74 Å². The molecule has 0 radical (unpaired) electrons. The first-order valence-electron chi connectivity index (χ1n) is 12.3. The van der Waals surface area contributed by atoms with E-state index in [0.29, 0.717) is 0 Å². The SMILES string of the molecule is CCn1c2ccccc2c2cc(-n3nccc3-c3ccc(CCN4CCOCC4)cc3)ccc21. The fourth-order valence-corrected chi connectivity index (χ4v) is 5.20. The average molecular weight is 451 g/mol. The molecule has 1 saturated heterocycles. The number of fused-ring (bicyclic) bond motifs is 3. The summed E-state index contributed by atoms with van der Waals surface area (Å²) in [6.45, 7) is 8.04. The zero-order valence-electron chi connectivity index (χ0n) is 19.7. The zero-order chi connectivity index (χ0) is 22.9. The van der Waals surface area contributed by atoms with Crippen molar-refractivity contribution in [2.45, 2.75) is 19.9 Å². The highest BCUT2D eigenvalue weighted by molar-refractivity contribution is 6.08. The lowest BCUT2D eigenvalue weighted by Crippen LogP contribution is -2.37. The van der Waals surface area contributed by atoms with E-state index in [1.807, 2.05) is 6.20 Å². The van der Waals surface area contributed by atoms with Crippen LogP contribution in [0.4, 0.5) is 0 Å². The summed E-state index contributed by atoms with van der Waals surface area (Å²) >= 11 is 0. The van der Waals surface area contributed by atoms with Crippen LogP contribution < -0.4 is 0 Å². The first kappa shape index (κ1) is 21.1. The molecule has 5 nitrogen and oxygen atoms in total. The van der Waals surface area contributed by atoms with Gasteiger partial charge in [0, 0.05) is 53.5 Å². The van der Waals surface area contributed by atoms with Crippen molar-refractivity contribution >= 4 is 21.8 Å². The molecule has 0 spiro atoms. The minimum atomic E-state index is 0.855. The summed E-state index contributed by atoms with van der Waals surface area (Å²) in [7, 11) is 0. The van der Waals surface area contributed by atoms with Crippen LogP contribution in [0, 0.1) is 0 Å². The predicted molar refractivity (Wildman–Crippen MR) is 139 cm³/mol. The molecule has 3 aromatic carbocycles. The molecule has 3 heterocycles. The van der Waals surface area contributed by atoms with Crippen LogP contribution in [0.25, 0.3) is 38.8 Å². The maximum Gasteiger partial charge on any atom is 0.0740 e. The molecule has 6 rings (SSSR count). The van der Waals surface area contributed by atoms with Crippen LogP contribution in [-0.2, 0) is 17.7 Å². The van der Waals surface area contributed by atoms with E-state index in [1.54, 1.807) is 0 Å². The molecule has 34 heavy (non-hydrogen) atoms. The topological polar surface area (TPSA) is 35.2 Å². The summed E-state index contributed by atoms with van der Waals surface area (Å²) in [5, 5.41) is 7.25. The van der Waals surface area contributed by atoms with Gasteiger partial charge in [0.15, 0.2) is 0 Å². The van der Waals surface area contributed by atoms with E-state index in [4.69, 9.17) is 4.74 Å². The van der Waals surface area contributed by atoms with Gasteiger partial charge in [-0.3, -0.25) is 4.90 Å². The summed E-state index contributed by atoms with van der Waals surface area (Å²) in [5.41, 5.74) is 7.30. The average Bonchev–Trinajstić information content (AvgIpc) is 3.51. The Kier molecular flexibility index (Phi) is 5.65. The number of benzene rings is 3. The molecule has 0 atom stereocenters. The Balaban J connectivity index is 1.29. The van der Waals surface area contributed by atoms with Gasteiger partial charge in [0.05, 0.1) is 30.8 Å². The third-order valence-corrected chi connectivity index (χ3v) is 7.03. The standard InChI is InChI=1S/C29H30N4O/c1-2-32-28-6-4-3-5-25(28)26-21-24(11-12-29(26)32)33-27(13-15-30-33)23-9-7-22(8-10-23)14-16-31-17-19-34-20-18-31/h3-13,15,21H,2,14,16-20H2,1H3. The summed E-state index contributed by atoms with van der Waals surface area (Å²) in [6, 6.07) is 26.4. The molecule has 1 aliphatic rings. The highest BCUT2D eigenvalue weighted by Gasteiger charge is 2.14. The maximum absolute atomic E-state index is 5.46. The van der Waals surface area contributed by atoms with Crippen molar-refractivity contribution in [2.24, 2.45) is 0 Å². The minimum absolute atomic E-state index is 0.855. The molecular weight excluding hydrogens is 420 g/mol. The first-order valence-corrected chi connectivity index (χ1v) is 12.3. The monoisotopic (exact) mass is 450 g/mol. The van der Waals surface area contributed by atoms with Gasteiger partial charge in [-0.2, -0.15) is 5.10 Å². The molecule has 0 bridgehead atoms. The fourth-order valence-electron chi connectivity index (χ4n) is 5.20. The molecule has 0 N–H and O–H groups in total. The summed E-state index contributed by atoms with van der Waals surface area (Å²) in [6.07, 6.45) is 2.96. The fraction of sp³-hybridized carbons (Fsp3) is 0.276. The summed E-state index contributed by atoms with van der Waals surface area (Å²) in [5.74, 6) is 0. The molecule has 0 aliphatic carbocycles. The number of morpholine rings is 1. The molecule has 0 unspecified atom stereocenters. The van der Waals surface area contributed by atoms with Gasteiger partial charge in [-0.05, 0) is 49.2 Å². The van der Waals surface area contributed by atoms with Gasteiger partial charge < -0.3 is 9.30 Å². The number of para-hydroxylation sites is 1. The Bertz CT molecular complexity index is 1420. The number of hydrogen-bond acceptors (Lipinski definition) is 3. The lowest BCUT2D eigenvalue weighted by molar-refractivity contribution is 0.0384.